The van der Waals surface area contributed by atoms with Gasteiger partial charge in [-0.15, -0.1) is 11.3 Å². The van der Waals surface area contributed by atoms with Crippen LogP contribution in [0.1, 0.15) is 46.6 Å². The van der Waals surface area contributed by atoms with Gasteiger partial charge in [0.2, 0.25) is 5.91 Å². The van der Waals surface area contributed by atoms with Crippen molar-refractivity contribution in [1.29, 1.82) is 0 Å². The normalized spacial score (nSPS) is 19.1. The molecule has 29 heavy (non-hydrogen) atoms. The van der Waals surface area contributed by atoms with Gasteiger partial charge >= 0.3 is 0 Å². The number of rotatable bonds is 5. The number of carbonyl (C=O) groups is 2. The number of amides is 2. The van der Waals surface area contributed by atoms with Crippen molar-refractivity contribution in [3.63, 3.8) is 0 Å². The molecule has 2 fully saturated rings. The highest BCUT2D eigenvalue weighted by Crippen LogP contribution is 2.31. The number of aromatic nitrogens is 2. The van der Waals surface area contributed by atoms with Crippen molar-refractivity contribution in [3.05, 3.63) is 52.5 Å². The lowest BCUT2D eigenvalue weighted by Gasteiger charge is -2.23. The average molecular weight is 409 g/mol. The van der Waals surface area contributed by atoms with Gasteiger partial charge in [0.05, 0.1) is 17.1 Å². The predicted molar refractivity (Wildman–Crippen MR) is 113 cm³/mol. The second-order valence-electron chi connectivity index (χ2n) is 8.00. The van der Waals surface area contributed by atoms with Crippen molar-refractivity contribution in [1.82, 2.24) is 20.0 Å². The summed E-state index contributed by atoms with van der Waals surface area (Å²) in [6, 6.07) is 12.1. The quantitative estimate of drug-likeness (QED) is 0.704. The number of carbonyl (C=O) groups excluding carboxylic acids is 2. The van der Waals surface area contributed by atoms with Gasteiger partial charge in [0.25, 0.3) is 5.91 Å². The zero-order valence-corrected chi connectivity index (χ0v) is 17.2. The largest absolute Gasteiger partial charge is 0.352 e. The third-order valence-corrected chi connectivity index (χ3v) is 6.87. The van der Waals surface area contributed by atoms with Crippen LogP contribution in [-0.2, 0) is 11.3 Å². The minimum Gasteiger partial charge on any atom is -0.352 e. The van der Waals surface area contributed by atoms with Gasteiger partial charge in [-0.25, -0.2) is 0 Å². The van der Waals surface area contributed by atoms with Gasteiger partial charge in [0.15, 0.2) is 0 Å². The molecule has 1 unspecified atom stereocenters. The molecule has 7 heteroatoms. The summed E-state index contributed by atoms with van der Waals surface area (Å²) in [6.07, 6.45) is 3.73. The average Bonchev–Trinajstić information content (AvgIpc) is 3.15. The van der Waals surface area contributed by atoms with E-state index in [0.717, 1.165) is 41.6 Å². The molecular formula is C22H24N4O2S. The molecule has 1 atom stereocenters. The Morgan fingerprint density at radius 3 is 2.76 bits per heavy atom. The van der Waals surface area contributed by atoms with Crippen LogP contribution in [0.25, 0.3) is 10.2 Å². The van der Waals surface area contributed by atoms with Gasteiger partial charge in [-0.3, -0.25) is 14.3 Å². The lowest BCUT2D eigenvalue weighted by Crippen LogP contribution is -2.46. The Kier molecular flexibility index (Phi) is 4.62. The SMILES string of the molecule is Cc1nn(Cc2ccccc2)c2sc(C(=O)N3CCCC3C(=O)NC3CC3)cc12. The molecule has 1 saturated carbocycles. The Hall–Kier alpha value is -2.67. The Morgan fingerprint density at radius 2 is 2.00 bits per heavy atom. The molecule has 1 N–H and O–H groups in total. The number of fused-ring (bicyclic) bond motifs is 1. The molecule has 1 saturated heterocycles. The molecule has 5 rings (SSSR count). The van der Waals surface area contributed by atoms with E-state index >= 15 is 0 Å². The van der Waals surface area contributed by atoms with Crippen LogP contribution in [0, 0.1) is 6.92 Å². The Morgan fingerprint density at radius 1 is 1.21 bits per heavy atom. The van der Waals surface area contributed by atoms with E-state index in [4.69, 9.17) is 0 Å². The first-order valence-corrected chi connectivity index (χ1v) is 11.0. The predicted octanol–water partition coefficient (Wildman–Crippen LogP) is 3.34. The molecule has 3 aromatic rings. The summed E-state index contributed by atoms with van der Waals surface area (Å²) >= 11 is 1.48. The van der Waals surface area contributed by atoms with Crippen molar-refractivity contribution in [2.75, 3.05) is 6.54 Å². The summed E-state index contributed by atoms with van der Waals surface area (Å²) in [4.78, 5) is 29.3. The second kappa shape index (κ2) is 7.30. The fraction of sp³-hybridized carbons (Fsp3) is 0.409. The number of likely N-dealkylation sites (tertiary alicyclic amines) is 1. The fourth-order valence-corrected chi connectivity index (χ4v) is 5.15. The summed E-state index contributed by atoms with van der Waals surface area (Å²) in [6.45, 7) is 3.30. The number of thiophene rings is 1. The molecule has 3 heterocycles. The van der Waals surface area contributed by atoms with Crippen LogP contribution in [0.5, 0.6) is 0 Å². The smallest absolute Gasteiger partial charge is 0.264 e. The van der Waals surface area contributed by atoms with Crippen LogP contribution >= 0.6 is 11.3 Å². The zero-order valence-electron chi connectivity index (χ0n) is 16.4. The van der Waals surface area contributed by atoms with Crippen LogP contribution in [0.2, 0.25) is 0 Å². The molecule has 0 bridgehead atoms. The fourth-order valence-electron chi connectivity index (χ4n) is 4.03. The molecule has 1 aliphatic carbocycles. The maximum atomic E-state index is 13.2. The minimum atomic E-state index is -0.338. The van der Waals surface area contributed by atoms with E-state index in [2.05, 4.69) is 22.5 Å². The summed E-state index contributed by atoms with van der Waals surface area (Å²) < 4.78 is 1.97. The number of hydrogen-bond acceptors (Lipinski definition) is 4. The van der Waals surface area contributed by atoms with E-state index < -0.39 is 0 Å². The summed E-state index contributed by atoms with van der Waals surface area (Å²) in [5, 5.41) is 8.74. The first-order valence-electron chi connectivity index (χ1n) is 10.2. The van der Waals surface area contributed by atoms with Crippen molar-refractivity contribution in [2.24, 2.45) is 0 Å². The molecule has 2 aliphatic rings. The minimum absolute atomic E-state index is 0.00546. The number of aryl methyl sites for hydroxylation is 1. The molecule has 150 valence electrons. The first-order chi connectivity index (χ1) is 14.1. The highest BCUT2D eigenvalue weighted by molar-refractivity contribution is 7.20. The molecule has 1 aromatic carbocycles. The second-order valence-corrected chi connectivity index (χ2v) is 9.03. The van der Waals surface area contributed by atoms with Crippen LogP contribution in [-0.4, -0.2) is 45.1 Å². The molecule has 0 radical (unpaired) electrons. The highest BCUT2D eigenvalue weighted by atomic mass is 32.1. The molecular weight excluding hydrogens is 384 g/mol. The van der Waals surface area contributed by atoms with Crippen LogP contribution in [0.4, 0.5) is 0 Å². The first kappa shape index (κ1) is 18.4. The molecule has 6 nitrogen and oxygen atoms in total. The van der Waals surface area contributed by atoms with E-state index in [1.807, 2.05) is 35.9 Å². The maximum Gasteiger partial charge on any atom is 0.264 e. The third-order valence-electron chi connectivity index (χ3n) is 5.73. The monoisotopic (exact) mass is 408 g/mol. The van der Waals surface area contributed by atoms with E-state index in [1.165, 1.54) is 16.9 Å². The third kappa shape index (κ3) is 3.55. The van der Waals surface area contributed by atoms with E-state index in [0.29, 0.717) is 24.0 Å². The topological polar surface area (TPSA) is 67.2 Å². The Bertz CT molecular complexity index is 1070. The molecule has 1 aliphatic heterocycles. The van der Waals surface area contributed by atoms with Gasteiger partial charge in [0.1, 0.15) is 10.9 Å². The molecule has 0 spiro atoms. The van der Waals surface area contributed by atoms with Gasteiger partial charge in [-0.1, -0.05) is 30.3 Å². The van der Waals surface area contributed by atoms with Gasteiger partial charge in [0, 0.05) is 18.0 Å². The van der Waals surface area contributed by atoms with Crippen molar-refractivity contribution < 1.29 is 9.59 Å². The Labute approximate surface area is 173 Å². The Balaban J connectivity index is 1.40. The van der Waals surface area contributed by atoms with E-state index in [1.54, 1.807) is 4.90 Å². The summed E-state index contributed by atoms with van der Waals surface area (Å²) in [5.74, 6) is -0.0313. The number of nitrogens with zero attached hydrogens (tertiary/aromatic N) is 3. The van der Waals surface area contributed by atoms with Crippen LogP contribution < -0.4 is 5.32 Å². The number of nitrogens with one attached hydrogen (secondary N) is 1. The number of hydrogen-bond donors (Lipinski definition) is 1. The van der Waals surface area contributed by atoms with Gasteiger partial charge < -0.3 is 10.2 Å². The van der Waals surface area contributed by atoms with Crippen LogP contribution in [0.15, 0.2) is 36.4 Å². The molecule has 2 aromatic heterocycles. The van der Waals surface area contributed by atoms with E-state index in [9.17, 15) is 9.59 Å². The van der Waals surface area contributed by atoms with Crippen LogP contribution in [0.3, 0.4) is 0 Å². The lowest BCUT2D eigenvalue weighted by molar-refractivity contribution is -0.125. The van der Waals surface area contributed by atoms with Crippen molar-refractivity contribution in [3.8, 4) is 0 Å². The standard InChI is InChI=1S/C22H24N4O2S/c1-14-17-12-19(29-22(17)26(24-14)13-15-6-3-2-4-7-15)21(28)25-11-5-8-18(25)20(27)23-16-9-10-16/h2-4,6-7,12,16,18H,5,8-11,13H2,1H3,(H,23,27). The van der Waals surface area contributed by atoms with Crippen molar-refractivity contribution >= 4 is 33.4 Å². The molecule has 2 amide bonds. The van der Waals surface area contributed by atoms with Gasteiger partial charge in [-0.2, -0.15) is 5.10 Å². The van der Waals surface area contributed by atoms with E-state index in [-0.39, 0.29) is 17.9 Å². The zero-order chi connectivity index (χ0) is 20.0. The highest BCUT2D eigenvalue weighted by Gasteiger charge is 2.37. The summed E-state index contributed by atoms with van der Waals surface area (Å²) in [7, 11) is 0. The lowest BCUT2D eigenvalue weighted by atomic mass is 10.2. The van der Waals surface area contributed by atoms with Gasteiger partial charge in [-0.05, 0) is 44.2 Å². The number of benzene rings is 1. The summed E-state index contributed by atoms with van der Waals surface area (Å²) in [5.41, 5.74) is 2.10. The maximum absolute atomic E-state index is 13.2. The van der Waals surface area contributed by atoms with Crippen molar-refractivity contribution in [2.45, 2.75) is 51.2 Å².